The van der Waals surface area contributed by atoms with Crippen molar-refractivity contribution >= 4 is 28.9 Å². The second-order valence-electron chi connectivity index (χ2n) is 7.96. The van der Waals surface area contributed by atoms with Crippen LogP contribution in [0.3, 0.4) is 0 Å². The molecule has 0 spiro atoms. The van der Waals surface area contributed by atoms with E-state index in [2.05, 4.69) is 10.1 Å². The van der Waals surface area contributed by atoms with Gasteiger partial charge < -0.3 is 4.74 Å². The highest BCUT2D eigenvalue weighted by Crippen LogP contribution is 2.35. The van der Waals surface area contributed by atoms with Crippen LogP contribution in [0.5, 0.6) is 0 Å². The first-order chi connectivity index (χ1) is 16.0. The average molecular weight is 442 g/mol. The second-order valence-corrected chi connectivity index (χ2v) is 7.96. The Labute approximate surface area is 189 Å². The molecule has 4 aromatic rings. The van der Waals surface area contributed by atoms with E-state index in [-0.39, 0.29) is 23.5 Å². The van der Waals surface area contributed by atoms with Gasteiger partial charge in [0.1, 0.15) is 0 Å². The molecule has 1 amide bonds. The van der Waals surface area contributed by atoms with Crippen LogP contribution < -0.4 is 10.5 Å². The number of aromatic nitrogens is 3. The van der Waals surface area contributed by atoms with Crippen LogP contribution in [-0.4, -0.2) is 33.1 Å². The van der Waals surface area contributed by atoms with Crippen LogP contribution in [-0.2, 0) is 33.6 Å². The SMILES string of the molecule is Cc1nc2cc[nH]n2c(=O)c1CC(=O)OCC(=O)N1c2ccccc2CCc2ccccc21. The highest BCUT2D eigenvalue weighted by Gasteiger charge is 2.26. The quantitative estimate of drug-likeness (QED) is 0.490. The molecule has 2 aromatic heterocycles. The number of carbonyl (C=O) groups is 2. The third-order valence-electron chi connectivity index (χ3n) is 5.90. The summed E-state index contributed by atoms with van der Waals surface area (Å²) in [6, 6.07) is 17.2. The van der Waals surface area contributed by atoms with E-state index in [4.69, 9.17) is 4.74 Å². The molecule has 0 bridgehead atoms. The summed E-state index contributed by atoms with van der Waals surface area (Å²) in [4.78, 5) is 44.4. The van der Waals surface area contributed by atoms with E-state index in [1.54, 1.807) is 24.1 Å². The van der Waals surface area contributed by atoms with Crippen LogP contribution in [0.1, 0.15) is 22.4 Å². The molecule has 3 heterocycles. The van der Waals surface area contributed by atoms with Gasteiger partial charge in [0.25, 0.3) is 11.5 Å². The molecule has 33 heavy (non-hydrogen) atoms. The summed E-state index contributed by atoms with van der Waals surface area (Å²) in [6.07, 6.45) is 2.96. The fourth-order valence-corrected chi connectivity index (χ4v) is 4.26. The van der Waals surface area contributed by atoms with Gasteiger partial charge in [0.15, 0.2) is 12.3 Å². The van der Waals surface area contributed by atoms with E-state index in [1.807, 2.05) is 48.5 Å². The Morgan fingerprint density at radius 1 is 1.00 bits per heavy atom. The number of amides is 1. The molecule has 0 atom stereocenters. The number of fused-ring (bicyclic) bond motifs is 3. The third-order valence-corrected chi connectivity index (χ3v) is 5.90. The molecule has 5 rings (SSSR count). The number of hydrogen-bond donors (Lipinski definition) is 1. The van der Waals surface area contributed by atoms with Gasteiger partial charge in [-0.3, -0.25) is 24.4 Å². The zero-order chi connectivity index (χ0) is 22.9. The van der Waals surface area contributed by atoms with Gasteiger partial charge in [-0.15, -0.1) is 0 Å². The number of para-hydroxylation sites is 2. The number of anilines is 2. The van der Waals surface area contributed by atoms with Crippen molar-refractivity contribution < 1.29 is 14.3 Å². The van der Waals surface area contributed by atoms with Gasteiger partial charge in [-0.2, -0.15) is 0 Å². The van der Waals surface area contributed by atoms with Crippen molar-refractivity contribution in [1.82, 2.24) is 14.6 Å². The molecule has 0 radical (unpaired) electrons. The smallest absolute Gasteiger partial charge is 0.311 e. The molecule has 166 valence electrons. The topological polar surface area (TPSA) is 96.8 Å². The van der Waals surface area contributed by atoms with Crippen molar-refractivity contribution in [1.29, 1.82) is 0 Å². The molecule has 1 aliphatic rings. The number of benzene rings is 2. The lowest BCUT2D eigenvalue weighted by Gasteiger charge is -2.24. The number of aryl methyl sites for hydroxylation is 3. The monoisotopic (exact) mass is 442 g/mol. The summed E-state index contributed by atoms with van der Waals surface area (Å²) >= 11 is 0. The molecule has 8 heteroatoms. The molecular formula is C25H22N4O4. The number of aromatic amines is 1. The fourth-order valence-electron chi connectivity index (χ4n) is 4.26. The molecule has 0 saturated carbocycles. The molecular weight excluding hydrogens is 420 g/mol. The van der Waals surface area contributed by atoms with Gasteiger partial charge >= 0.3 is 5.97 Å². The minimum Gasteiger partial charge on any atom is -0.455 e. The van der Waals surface area contributed by atoms with Gasteiger partial charge in [-0.05, 0) is 43.0 Å². The minimum atomic E-state index is -0.659. The number of H-pyrrole nitrogens is 1. The molecule has 0 unspecified atom stereocenters. The first kappa shape index (κ1) is 20.7. The summed E-state index contributed by atoms with van der Waals surface area (Å²) in [5.74, 6) is -1.01. The number of carbonyl (C=O) groups excluding carboxylic acids is 2. The standard InChI is InChI=1S/C25H22N4O4/c1-16-19(25(32)29-22(27-16)12-13-26-29)14-24(31)33-15-23(30)28-20-8-4-2-6-17(20)10-11-18-7-3-5-9-21(18)28/h2-9,12-13,26H,10-11,14-15H2,1H3. The first-order valence-corrected chi connectivity index (χ1v) is 10.7. The van der Waals surface area contributed by atoms with E-state index in [1.165, 1.54) is 4.52 Å². The van der Waals surface area contributed by atoms with Crippen molar-refractivity contribution in [3.8, 4) is 0 Å². The number of nitrogens with one attached hydrogen (secondary N) is 1. The molecule has 2 aromatic carbocycles. The fraction of sp³-hybridized carbons (Fsp3) is 0.200. The third kappa shape index (κ3) is 3.80. The molecule has 1 aliphatic heterocycles. The van der Waals surface area contributed by atoms with Gasteiger partial charge in [-0.25, -0.2) is 9.50 Å². The first-order valence-electron chi connectivity index (χ1n) is 10.7. The second kappa shape index (κ2) is 8.38. The lowest BCUT2D eigenvalue weighted by molar-refractivity contribution is -0.147. The highest BCUT2D eigenvalue weighted by molar-refractivity contribution is 6.03. The predicted octanol–water partition coefficient (Wildman–Crippen LogP) is 2.88. The maximum absolute atomic E-state index is 13.3. The Morgan fingerprint density at radius 2 is 1.64 bits per heavy atom. The lowest BCUT2D eigenvalue weighted by atomic mass is 10.0. The van der Waals surface area contributed by atoms with Crippen LogP contribution in [0.25, 0.3) is 5.65 Å². The molecule has 0 aliphatic carbocycles. The summed E-state index contributed by atoms with van der Waals surface area (Å²) in [6.45, 7) is 1.24. The number of rotatable bonds is 4. The van der Waals surface area contributed by atoms with Crippen molar-refractivity contribution in [3.63, 3.8) is 0 Å². The zero-order valence-electron chi connectivity index (χ0n) is 18.1. The summed E-state index contributed by atoms with van der Waals surface area (Å²) in [5.41, 5.74) is 4.50. The number of ether oxygens (including phenoxy) is 1. The van der Waals surface area contributed by atoms with E-state index >= 15 is 0 Å². The van der Waals surface area contributed by atoms with E-state index < -0.39 is 12.6 Å². The number of nitrogens with zero attached hydrogens (tertiary/aromatic N) is 3. The number of hydrogen-bond acceptors (Lipinski definition) is 5. The zero-order valence-corrected chi connectivity index (χ0v) is 18.1. The van der Waals surface area contributed by atoms with Gasteiger partial charge in [0.2, 0.25) is 0 Å². The Bertz CT molecular complexity index is 1390. The van der Waals surface area contributed by atoms with Crippen molar-refractivity contribution in [2.75, 3.05) is 11.5 Å². The highest BCUT2D eigenvalue weighted by atomic mass is 16.5. The van der Waals surface area contributed by atoms with Crippen molar-refractivity contribution in [2.24, 2.45) is 0 Å². The Morgan fingerprint density at radius 3 is 2.30 bits per heavy atom. The molecule has 1 N–H and O–H groups in total. The normalized spacial score (nSPS) is 12.7. The van der Waals surface area contributed by atoms with Crippen LogP contribution >= 0.6 is 0 Å². The maximum Gasteiger partial charge on any atom is 0.311 e. The predicted molar refractivity (Wildman–Crippen MR) is 123 cm³/mol. The van der Waals surface area contributed by atoms with E-state index in [0.717, 1.165) is 35.3 Å². The van der Waals surface area contributed by atoms with Gasteiger partial charge in [-0.1, -0.05) is 36.4 Å². The van der Waals surface area contributed by atoms with Gasteiger partial charge in [0.05, 0.1) is 23.4 Å². The minimum absolute atomic E-state index is 0.234. The summed E-state index contributed by atoms with van der Waals surface area (Å²) < 4.78 is 6.59. The Hall–Kier alpha value is -4.20. The van der Waals surface area contributed by atoms with Crippen LogP contribution in [0.15, 0.2) is 65.6 Å². The van der Waals surface area contributed by atoms with E-state index in [9.17, 15) is 14.4 Å². The molecule has 0 fully saturated rings. The summed E-state index contributed by atoms with van der Waals surface area (Å²) in [7, 11) is 0. The van der Waals surface area contributed by atoms with Crippen LogP contribution in [0, 0.1) is 6.92 Å². The maximum atomic E-state index is 13.3. The Kier molecular flexibility index (Phi) is 5.26. The summed E-state index contributed by atoms with van der Waals surface area (Å²) in [5, 5.41) is 2.78. The van der Waals surface area contributed by atoms with Crippen molar-refractivity contribution in [2.45, 2.75) is 26.2 Å². The van der Waals surface area contributed by atoms with E-state index in [0.29, 0.717) is 11.3 Å². The largest absolute Gasteiger partial charge is 0.455 e. The number of esters is 1. The van der Waals surface area contributed by atoms with Crippen LogP contribution in [0.4, 0.5) is 11.4 Å². The average Bonchev–Trinajstić information content (AvgIpc) is 3.22. The van der Waals surface area contributed by atoms with Gasteiger partial charge in [0, 0.05) is 18.0 Å². The molecule has 8 nitrogen and oxygen atoms in total. The Balaban J connectivity index is 1.37. The lowest BCUT2D eigenvalue weighted by Crippen LogP contribution is -2.32. The molecule has 0 saturated heterocycles. The van der Waals surface area contributed by atoms with Crippen LogP contribution in [0.2, 0.25) is 0 Å². The van der Waals surface area contributed by atoms with Crippen molar-refractivity contribution in [3.05, 3.63) is 93.5 Å².